The maximum atomic E-state index is 10.9. The highest BCUT2D eigenvalue weighted by molar-refractivity contribution is 5.46. The first-order valence-electron chi connectivity index (χ1n) is 4.14. The minimum absolute atomic E-state index is 0.577. The molecule has 0 aromatic heterocycles. The molecule has 1 fully saturated rings. The molecule has 0 aromatic carbocycles. The van der Waals surface area contributed by atoms with Crippen molar-refractivity contribution in [1.82, 2.24) is 4.90 Å². The number of hydrogen-bond donors (Lipinski definition) is 0. The molecule has 64 valence electrons. The Hall–Kier alpha value is -0.570. The van der Waals surface area contributed by atoms with Crippen LogP contribution in [0.15, 0.2) is 0 Å². The molecule has 1 rings (SSSR count). The van der Waals surface area contributed by atoms with Gasteiger partial charge in [-0.3, -0.25) is 0 Å². The van der Waals surface area contributed by atoms with Gasteiger partial charge in [0.05, 0.1) is 0 Å². The largest absolute Gasteiger partial charge is 0.624 e. The molecule has 1 unspecified atom stereocenters. The lowest BCUT2D eigenvalue weighted by Gasteiger charge is -2.09. The Morgan fingerprint density at radius 2 is 2.45 bits per heavy atom. The maximum Gasteiger partial charge on any atom is 0.157 e. The highest BCUT2D eigenvalue weighted by Crippen LogP contribution is 2.13. The van der Waals surface area contributed by atoms with Gasteiger partial charge in [-0.15, -0.1) is 0 Å². The maximum absolute atomic E-state index is 10.9. The fourth-order valence-corrected chi connectivity index (χ4v) is 1.54. The molecule has 0 aliphatic carbocycles. The molecule has 1 heterocycles. The Balaban J connectivity index is 2.28. The van der Waals surface area contributed by atoms with Crippen LogP contribution in [-0.4, -0.2) is 42.5 Å². The first-order chi connectivity index (χ1) is 5.22. The van der Waals surface area contributed by atoms with Crippen molar-refractivity contribution in [3.63, 3.8) is 0 Å². The smallest absolute Gasteiger partial charge is 0.157 e. The zero-order valence-electron chi connectivity index (χ0n) is 7.29. The van der Waals surface area contributed by atoms with Crippen molar-refractivity contribution < 1.29 is 4.74 Å². The second kappa shape index (κ2) is 3.72. The Morgan fingerprint density at radius 3 is 2.91 bits per heavy atom. The molecular formula is C8H16N2O. The summed E-state index contributed by atoms with van der Waals surface area (Å²) in [5.41, 5.74) is 0. The molecule has 3 nitrogen and oxygen atoms in total. The van der Waals surface area contributed by atoms with Crippen molar-refractivity contribution in [1.29, 1.82) is 0 Å². The molecule has 0 bridgehead atoms. The van der Waals surface area contributed by atoms with Crippen LogP contribution in [0.25, 0.3) is 0 Å². The van der Waals surface area contributed by atoms with Crippen molar-refractivity contribution in [3.05, 3.63) is 5.21 Å². The molecule has 1 atom stereocenters. The summed E-state index contributed by atoms with van der Waals surface area (Å²) >= 11 is 0. The summed E-state index contributed by atoms with van der Waals surface area (Å²) in [6, 6.07) is 0. The normalized spacial score (nSPS) is 27.8. The highest BCUT2D eigenvalue weighted by Gasteiger charge is 2.21. The van der Waals surface area contributed by atoms with Crippen LogP contribution in [0.2, 0.25) is 0 Å². The number of likely N-dealkylation sites (tertiary alicyclic amines) is 1. The van der Waals surface area contributed by atoms with Crippen molar-refractivity contribution in [3.8, 4) is 0 Å². The van der Waals surface area contributed by atoms with Gasteiger partial charge >= 0.3 is 0 Å². The molecule has 0 N–H and O–H groups in total. The summed E-state index contributed by atoms with van der Waals surface area (Å²) in [5, 5.41) is 10.9. The summed E-state index contributed by atoms with van der Waals surface area (Å²) in [7, 11) is 2.10. The molecular weight excluding hydrogens is 140 g/mol. The molecule has 0 saturated carbocycles. The van der Waals surface area contributed by atoms with Gasteiger partial charge in [-0.1, -0.05) is 0 Å². The predicted octanol–water partition coefficient (Wildman–Crippen LogP) is 0.539. The van der Waals surface area contributed by atoms with Crippen molar-refractivity contribution >= 4 is 6.21 Å². The topological polar surface area (TPSA) is 29.3 Å². The van der Waals surface area contributed by atoms with Crippen LogP contribution < -0.4 is 0 Å². The minimum atomic E-state index is 0.577. The lowest BCUT2D eigenvalue weighted by atomic mass is 10.1. The molecule has 1 saturated heterocycles. The number of nitrogens with zero attached hydrogens (tertiary/aromatic N) is 2. The standard InChI is InChI=1S/C8H16N2O/c1-3-10(11)7-8-4-5-9(2)6-8/h3,8H,4-7H2,1-2H3/b10-3+. The summed E-state index contributed by atoms with van der Waals surface area (Å²) in [5.74, 6) is 0.577. The van der Waals surface area contributed by atoms with Gasteiger partial charge in [-0.25, -0.2) is 4.74 Å². The zero-order valence-corrected chi connectivity index (χ0v) is 7.29. The van der Waals surface area contributed by atoms with E-state index in [4.69, 9.17) is 0 Å². The van der Waals surface area contributed by atoms with Gasteiger partial charge in [0.1, 0.15) is 6.21 Å². The van der Waals surface area contributed by atoms with E-state index in [1.807, 2.05) is 0 Å². The van der Waals surface area contributed by atoms with Crippen LogP contribution in [0.1, 0.15) is 13.3 Å². The Bertz CT molecular complexity index is 156. The molecule has 0 radical (unpaired) electrons. The van der Waals surface area contributed by atoms with Gasteiger partial charge in [-0.05, 0) is 20.0 Å². The monoisotopic (exact) mass is 156 g/mol. The first-order valence-corrected chi connectivity index (χ1v) is 4.14. The molecule has 0 spiro atoms. The van der Waals surface area contributed by atoms with E-state index in [0.29, 0.717) is 12.5 Å². The number of rotatable bonds is 2. The Kier molecular flexibility index (Phi) is 2.88. The summed E-state index contributed by atoms with van der Waals surface area (Å²) in [4.78, 5) is 2.27. The van der Waals surface area contributed by atoms with E-state index >= 15 is 0 Å². The van der Waals surface area contributed by atoms with E-state index in [9.17, 15) is 5.21 Å². The van der Waals surface area contributed by atoms with Crippen LogP contribution in [-0.2, 0) is 0 Å². The fourth-order valence-electron chi connectivity index (χ4n) is 1.54. The molecule has 11 heavy (non-hydrogen) atoms. The zero-order chi connectivity index (χ0) is 8.27. The predicted molar refractivity (Wildman–Crippen MR) is 45.8 cm³/mol. The quantitative estimate of drug-likeness (QED) is 0.253. The van der Waals surface area contributed by atoms with Crippen LogP contribution in [0.4, 0.5) is 0 Å². The Morgan fingerprint density at radius 1 is 1.73 bits per heavy atom. The van der Waals surface area contributed by atoms with Gasteiger partial charge in [0.15, 0.2) is 6.54 Å². The van der Waals surface area contributed by atoms with Crippen LogP contribution in [0.5, 0.6) is 0 Å². The van der Waals surface area contributed by atoms with Gasteiger partial charge in [-0.2, -0.15) is 0 Å². The van der Waals surface area contributed by atoms with Crippen molar-refractivity contribution in [2.45, 2.75) is 13.3 Å². The highest BCUT2D eigenvalue weighted by atomic mass is 16.5. The summed E-state index contributed by atoms with van der Waals surface area (Å²) < 4.78 is 1.03. The second-order valence-corrected chi connectivity index (χ2v) is 3.27. The lowest BCUT2D eigenvalue weighted by Crippen LogP contribution is -2.20. The third-order valence-electron chi connectivity index (χ3n) is 2.22. The second-order valence-electron chi connectivity index (χ2n) is 3.27. The van der Waals surface area contributed by atoms with Crippen LogP contribution in [0, 0.1) is 11.1 Å². The molecule has 1 aliphatic heterocycles. The van der Waals surface area contributed by atoms with E-state index < -0.39 is 0 Å². The average molecular weight is 156 g/mol. The fraction of sp³-hybridized carbons (Fsp3) is 0.875. The van der Waals surface area contributed by atoms with Crippen LogP contribution in [0.3, 0.4) is 0 Å². The van der Waals surface area contributed by atoms with Crippen LogP contribution >= 0.6 is 0 Å². The van der Waals surface area contributed by atoms with E-state index in [1.165, 1.54) is 6.42 Å². The summed E-state index contributed by atoms with van der Waals surface area (Å²) in [6.45, 7) is 4.67. The number of hydrogen-bond acceptors (Lipinski definition) is 2. The summed E-state index contributed by atoms with van der Waals surface area (Å²) in [6.07, 6.45) is 2.77. The van der Waals surface area contributed by atoms with Gasteiger partial charge < -0.3 is 10.1 Å². The molecule has 0 aromatic rings. The average Bonchev–Trinajstić information content (AvgIpc) is 2.35. The van der Waals surface area contributed by atoms with E-state index in [0.717, 1.165) is 17.8 Å². The van der Waals surface area contributed by atoms with E-state index in [2.05, 4.69) is 11.9 Å². The van der Waals surface area contributed by atoms with E-state index in [1.54, 1.807) is 13.1 Å². The van der Waals surface area contributed by atoms with Crippen molar-refractivity contribution in [2.75, 3.05) is 26.7 Å². The third kappa shape index (κ3) is 2.50. The lowest BCUT2D eigenvalue weighted by molar-refractivity contribution is -0.461. The van der Waals surface area contributed by atoms with Gasteiger partial charge in [0.2, 0.25) is 0 Å². The molecule has 0 amide bonds. The third-order valence-corrected chi connectivity index (χ3v) is 2.22. The number of hydroxylamine groups is 1. The minimum Gasteiger partial charge on any atom is -0.624 e. The SMILES string of the molecule is C/C=[N+](/[O-])CC1CCN(C)C1. The Labute approximate surface area is 67.9 Å². The molecule has 1 aliphatic rings. The van der Waals surface area contributed by atoms with Gasteiger partial charge in [0, 0.05) is 19.4 Å². The van der Waals surface area contributed by atoms with Gasteiger partial charge in [0.25, 0.3) is 0 Å². The van der Waals surface area contributed by atoms with E-state index in [-0.39, 0.29) is 0 Å². The first kappa shape index (κ1) is 8.53. The molecule has 3 heteroatoms. The van der Waals surface area contributed by atoms with Crippen molar-refractivity contribution in [2.24, 2.45) is 5.92 Å².